The molecule has 10 heteroatoms. The number of rotatable bonds is 9. The molecule has 0 saturated carbocycles. The van der Waals surface area contributed by atoms with Gasteiger partial charge in [0.05, 0.1) is 18.1 Å². The standard InChI is InChI=1S/C19H29F3N4O2S/c1-2-23-18(25-17-9-11-26(13-17)15-19(20,21)22)24-10-6-12-29(27,28)14-16-7-4-3-5-8-16/h3-5,7-8,17H,2,6,9-15H2,1H3,(H2,23,24,25). The highest BCUT2D eigenvalue weighted by Gasteiger charge is 2.34. The van der Waals surface area contributed by atoms with E-state index in [0.717, 1.165) is 5.56 Å². The van der Waals surface area contributed by atoms with E-state index in [2.05, 4.69) is 15.6 Å². The molecule has 1 heterocycles. The van der Waals surface area contributed by atoms with Crippen LogP contribution in [0.3, 0.4) is 0 Å². The quantitative estimate of drug-likeness (QED) is 0.354. The molecule has 0 aliphatic carbocycles. The summed E-state index contributed by atoms with van der Waals surface area (Å²) >= 11 is 0. The van der Waals surface area contributed by atoms with Crippen molar-refractivity contribution in [1.29, 1.82) is 0 Å². The summed E-state index contributed by atoms with van der Waals surface area (Å²) in [5.74, 6) is 0.549. The van der Waals surface area contributed by atoms with Gasteiger partial charge >= 0.3 is 6.18 Å². The summed E-state index contributed by atoms with van der Waals surface area (Å²) in [4.78, 5) is 5.75. The average Bonchev–Trinajstić information content (AvgIpc) is 3.04. The van der Waals surface area contributed by atoms with Crippen LogP contribution in [-0.2, 0) is 15.6 Å². The molecule has 1 unspecified atom stereocenters. The van der Waals surface area contributed by atoms with Crippen molar-refractivity contribution in [3.05, 3.63) is 35.9 Å². The Morgan fingerprint density at radius 2 is 2.00 bits per heavy atom. The lowest BCUT2D eigenvalue weighted by Gasteiger charge is -2.19. The summed E-state index contributed by atoms with van der Waals surface area (Å²) in [5.41, 5.74) is 0.760. The first-order chi connectivity index (χ1) is 13.7. The summed E-state index contributed by atoms with van der Waals surface area (Å²) < 4.78 is 62.0. The number of benzene rings is 1. The van der Waals surface area contributed by atoms with Crippen molar-refractivity contribution >= 4 is 15.8 Å². The minimum absolute atomic E-state index is 0.00693. The monoisotopic (exact) mass is 434 g/mol. The maximum atomic E-state index is 12.5. The number of sulfone groups is 1. The molecule has 2 N–H and O–H groups in total. The van der Waals surface area contributed by atoms with E-state index in [4.69, 9.17) is 0 Å². The number of alkyl halides is 3. The van der Waals surface area contributed by atoms with Gasteiger partial charge in [-0.05, 0) is 25.3 Å². The molecule has 1 fully saturated rings. The number of hydrogen-bond donors (Lipinski definition) is 2. The number of hydrogen-bond acceptors (Lipinski definition) is 4. The van der Waals surface area contributed by atoms with Gasteiger partial charge in [-0.2, -0.15) is 13.2 Å². The van der Waals surface area contributed by atoms with Crippen molar-refractivity contribution in [2.45, 2.75) is 37.7 Å². The van der Waals surface area contributed by atoms with Crippen LogP contribution in [0.25, 0.3) is 0 Å². The molecular formula is C19H29F3N4O2S. The van der Waals surface area contributed by atoms with Gasteiger partial charge in [-0.25, -0.2) is 8.42 Å². The zero-order valence-electron chi connectivity index (χ0n) is 16.6. The lowest BCUT2D eigenvalue weighted by molar-refractivity contribution is -0.143. The van der Waals surface area contributed by atoms with E-state index >= 15 is 0 Å². The molecule has 2 rings (SSSR count). The first kappa shape index (κ1) is 23.5. The third kappa shape index (κ3) is 9.49. The number of likely N-dealkylation sites (tertiary alicyclic amines) is 1. The third-order valence-corrected chi connectivity index (χ3v) is 6.16. The molecule has 1 aromatic carbocycles. The summed E-state index contributed by atoms with van der Waals surface area (Å²) in [6.45, 7) is 2.60. The number of nitrogens with one attached hydrogen (secondary N) is 2. The summed E-state index contributed by atoms with van der Waals surface area (Å²) in [7, 11) is -3.22. The maximum absolute atomic E-state index is 12.5. The second kappa shape index (κ2) is 10.8. The van der Waals surface area contributed by atoms with Crippen LogP contribution in [0.4, 0.5) is 13.2 Å². The molecule has 1 saturated heterocycles. The first-order valence-corrected chi connectivity index (χ1v) is 11.6. The van der Waals surface area contributed by atoms with Gasteiger partial charge < -0.3 is 10.6 Å². The summed E-state index contributed by atoms with van der Waals surface area (Å²) in [6, 6.07) is 8.91. The van der Waals surface area contributed by atoms with E-state index in [9.17, 15) is 21.6 Å². The van der Waals surface area contributed by atoms with Gasteiger partial charge in [0.2, 0.25) is 0 Å². The van der Waals surface area contributed by atoms with Crippen molar-refractivity contribution < 1.29 is 21.6 Å². The van der Waals surface area contributed by atoms with Crippen molar-refractivity contribution in [3.8, 4) is 0 Å². The fourth-order valence-corrected chi connectivity index (χ4v) is 4.65. The van der Waals surface area contributed by atoms with E-state index in [1.807, 2.05) is 25.1 Å². The zero-order chi connectivity index (χ0) is 21.3. The van der Waals surface area contributed by atoms with E-state index in [1.165, 1.54) is 4.90 Å². The van der Waals surface area contributed by atoms with E-state index in [1.54, 1.807) is 12.1 Å². The maximum Gasteiger partial charge on any atom is 0.401 e. The van der Waals surface area contributed by atoms with Gasteiger partial charge in [0, 0.05) is 32.2 Å². The van der Waals surface area contributed by atoms with Crippen LogP contribution in [-0.4, -0.2) is 70.0 Å². The highest BCUT2D eigenvalue weighted by atomic mass is 32.2. The van der Waals surface area contributed by atoms with Crippen LogP contribution < -0.4 is 10.6 Å². The number of halogens is 3. The molecule has 0 aromatic heterocycles. The predicted molar refractivity (Wildman–Crippen MR) is 109 cm³/mol. The Bertz CT molecular complexity index is 754. The largest absolute Gasteiger partial charge is 0.401 e. The summed E-state index contributed by atoms with van der Waals surface area (Å²) in [5, 5.41) is 6.21. The molecule has 6 nitrogen and oxygen atoms in total. The Labute approximate surface area is 170 Å². The second-order valence-electron chi connectivity index (χ2n) is 7.17. The van der Waals surface area contributed by atoms with E-state index in [0.29, 0.717) is 45.0 Å². The Morgan fingerprint density at radius 3 is 2.66 bits per heavy atom. The van der Waals surface area contributed by atoms with Gasteiger partial charge in [-0.1, -0.05) is 30.3 Å². The smallest absolute Gasteiger partial charge is 0.357 e. The van der Waals surface area contributed by atoms with Gasteiger partial charge in [0.1, 0.15) is 0 Å². The molecular weight excluding hydrogens is 405 g/mol. The number of guanidine groups is 1. The minimum atomic E-state index is -4.20. The molecule has 1 atom stereocenters. The number of nitrogens with zero attached hydrogens (tertiary/aromatic N) is 2. The summed E-state index contributed by atoms with van der Waals surface area (Å²) in [6.07, 6.45) is -3.21. The second-order valence-corrected chi connectivity index (χ2v) is 9.36. The average molecular weight is 435 g/mol. The normalized spacial score (nSPS) is 18.8. The SMILES string of the molecule is CCNC(=NCCCS(=O)(=O)Cc1ccccc1)NC1CCN(CC(F)(F)F)C1. The van der Waals surface area contributed by atoms with Gasteiger partial charge in [-0.3, -0.25) is 9.89 Å². The molecule has 0 spiro atoms. The molecule has 1 aliphatic heterocycles. The Balaban J connectivity index is 1.78. The highest BCUT2D eigenvalue weighted by Crippen LogP contribution is 2.19. The molecule has 29 heavy (non-hydrogen) atoms. The fraction of sp³-hybridized carbons (Fsp3) is 0.632. The molecule has 0 bridgehead atoms. The van der Waals surface area contributed by atoms with Crippen molar-refractivity contribution in [2.24, 2.45) is 4.99 Å². The van der Waals surface area contributed by atoms with Crippen LogP contribution in [0.2, 0.25) is 0 Å². The molecule has 1 aromatic rings. The van der Waals surface area contributed by atoms with Crippen LogP contribution >= 0.6 is 0 Å². The van der Waals surface area contributed by atoms with Crippen LogP contribution in [0.15, 0.2) is 35.3 Å². The van der Waals surface area contributed by atoms with Crippen molar-refractivity contribution in [1.82, 2.24) is 15.5 Å². The van der Waals surface area contributed by atoms with Crippen LogP contribution in [0, 0.1) is 0 Å². The number of aliphatic imine (C=N–C) groups is 1. The topological polar surface area (TPSA) is 73.8 Å². The van der Waals surface area contributed by atoms with E-state index in [-0.39, 0.29) is 17.5 Å². The van der Waals surface area contributed by atoms with Crippen molar-refractivity contribution in [2.75, 3.05) is 38.5 Å². The zero-order valence-corrected chi connectivity index (χ0v) is 17.4. The minimum Gasteiger partial charge on any atom is -0.357 e. The Morgan fingerprint density at radius 1 is 1.28 bits per heavy atom. The van der Waals surface area contributed by atoms with Crippen LogP contribution in [0.5, 0.6) is 0 Å². The van der Waals surface area contributed by atoms with Gasteiger partial charge in [0.25, 0.3) is 0 Å². The van der Waals surface area contributed by atoms with Gasteiger partial charge in [-0.15, -0.1) is 0 Å². The van der Waals surface area contributed by atoms with E-state index < -0.39 is 22.6 Å². The fourth-order valence-electron chi connectivity index (χ4n) is 3.24. The molecule has 164 valence electrons. The predicted octanol–water partition coefficient (Wildman–Crippen LogP) is 2.18. The Kier molecular flexibility index (Phi) is 8.76. The molecule has 1 aliphatic rings. The lowest BCUT2D eigenvalue weighted by Crippen LogP contribution is -2.45. The third-order valence-electron chi connectivity index (χ3n) is 4.47. The molecule has 0 radical (unpaired) electrons. The lowest BCUT2D eigenvalue weighted by atomic mass is 10.2. The van der Waals surface area contributed by atoms with Gasteiger partial charge in [0.15, 0.2) is 15.8 Å². The Hall–Kier alpha value is -1.81. The molecule has 0 amide bonds. The highest BCUT2D eigenvalue weighted by molar-refractivity contribution is 7.90. The van der Waals surface area contributed by atoms with Crippen molar-refractivity contribution in [3.63, 3.8) is 0 Å². The van der Waals surface area contributed by atoms with Crippen LogP contribution in [0.1, 0.15) is 25.3 Å². The first-order valence-electron chi connectivity index (χ1n) is 9.75.